The molecule has 1 aliphatic heterocycles. The zero-order chi connectivity index (χ0) is 14.5. The Morgan fingerprint density at radius 2 is 2.05 bits per heavy atom. The van der Waals surface area contributed by atoms with Crippen molar-refractivity contribution in [1.29, 1.82) is 0 Å². The molecular formula is C17H24O3. The molecule has 20 heavy (non-hydrogen) atoms. The molecule has 0 aliphatic carbocycles. The topological polar surface area (TPSA) is 35.5 Å². The van der Waals surface area contributed by atoms with E-state index >= 15 is 0 Å². The Balaban J connectivity index is 1.99. The molecule has 1 saturated heterocycles. The smallest absolute Gasteiger partial charge is 0.184 e. The van der Waals surface area contributed by atoms with Crippen LogP contribution in [0.15, 0.2) is 30.3 Å². The van der Waals surface area contributed by atoms with Crippen LogP contribution in [0.1, 0.15) is 45.5 Å². The van der Waals surface area contributed by atoms with Gasteiger partial charge in [0.25, 0.3) is 0 Å². The Morgan fingerprint density at radius 3 is 2.70 bits per heavy atom. The predicted molar refractivity (Wildman–Crippen MR) is 78.3 cm³/mol. The van der Waals surface area contributed by atoms with Gasteiger partial charge in [0.1, 0.15) is 5.78 Å². The maximum Gasteiger partial charge on any atom is 0.184 e. The Kier molecular flexibility index (Phi) is 5.32. The normalized spacial score (nSPS) is 28.1. The fraction of sp³-hybridized carbons (Fsp3) is 0.588. The predicted octanol–water partition coefficient (Wildman–Crippen LogP) is 3.74. The van der Waals surface area contributed by atoms with Crippen molar-refractivity contribution in [2.24, 2.45) is 11.8 Å². The third kappa shape index (κ3) is 3.90. The second-order valence-electron chi connectivity index (χ2n) is 5.87. The highest BCUT2D eigenvalue weighted by molar-refractivity contribution is 5.75. The van der Waals surface area contributed by atoms with Gasteiger partial charge in [-0.05, 0) is 19.3 Å². The fourth-order valence-corrected chi connectivity index (χ4v) is 2.73. The van der Waals surface area contributed by atoms with Gasteiger partial charge in [-0.15, -0.1) is 0 Å². The minimum atomic E-state index is -0.280. The molecule has 0 amide bonds. The van der Waals surface area contributed by atoms with Crippen LogP contribution in [0.3, 0.4) is 0 Å². The average Bonchev–Trinajstić information content (AvgIpc) is 2.46. The van der Waals surface area contributed by atoms with Gasteiger partial charge in [-0.3, -0.25) is 0 Å². The Labute approximate surface area is 121 Å². The summed E-state index contributed by atoms with van der Waals surface area (Å²) in [5.41, 5.74) is 1.06. The van der Waals surface area contributed by atoms with E-state index in [1.54, 1.807) is 6.92 Å². The van der Waals surface area contributed by atoms with E-state index in [9.17, 15) is 4.79 Å². The average molecular weight is 276 g/mol. The van der Waals surface area contributed by atoms with E-state index in [4.69, 9.17) is 9.47 Å². The molecule has 0 N–H and O–H groups in total. The zero-order valence-corrected chi connectivity index (χ0v) is 12.5. The van der Waals surface area contributed by atoms with Gasteiger partial charge >= 0.3 is 0 Å². The molecule has 0 spiro atoms. The van der Waals surface area contributed by atoms with Crippen LogP contribution in [0.5, 0.6) is 0 Å². The molecule has 4 atom stereocenters. The van der Waals surface area contributed by atoms with Crippen molar-refractivity contribution in [2.45, 2.75) is 46.0 Å². The summed E-state index contributed by atoms with van der Waals surface area (Å²) >= 11 is 0. The number of hydrogen-bond donors (Lipinski definition) is 0. The molecule has 1 aromatic carbocycles. The number of hydrogen-bond acceptors (Lipinski definition) is 3. The van der Waals surface area contributed by atoms with E-state index in [0.29, 0.717) is 24.9 Å². The van der Waals surface area contributed by atoms with Crippen molar-refractivity contribution in [2.75, 3.05) is 6.61 Å². The van der Waals surface area contributed by atoms with Gasteiger partial charge in [-0.1, -0.05) is 44.2 Å². The first-order valence-electron chi connectivity index (χ1n) is 7.39. The van der Waals surface area contributed by atoms with Crippen LogP contribution in [0.2, 0.25) is 0 Å². The number of carbonyl (C=O) groups excluding carboxylic acids is 1. The molecule has 0 saturated carbocycles. The van der Waals surface area contributed by atoms with Gasteiger partial charge in [0.2, 0.25) is 0 Å². The Hall–Kier alpha value is -1.19. The van der Waals surface area contributed by atoms with Crippen molar-refractivity contribution in [1.82, 2.24) is 0 Å². The SMILES string of the molecule is CC(=O)CC[C@H](C)[C@@H]1O[C@H](c2ccccc2)OC[C@H]1C. The quantitative estimate of drug-likeness (QED) is 0.821. The largest absolute Gasteiger partial charge is 0.348 e. The van der Waals surface area contributed by atoms with Crippen molar-refractivity contribution < 1.29 is 14.3 Å². The highest BCUT2D eigenvalue weighted by atomic mass is 16.7. The van der Waals surface area contributed by atoms with Gasteiger partial charge in [-0.2, -0.15) is 0 Å². The lowest BCUT2D eigenvalue weighted by Crippen LogP contribution is -2.39. The lowest BCUT2D eigenvalue weighted by atomic mass is 9.89. The molecule has 0 radical (unpaired) electrons. The summed E-state index contributed by atoms with van der Waals surface area (Å²) in [7, 11) is 0. The van der Waals surface area contributed by atoms with Crippen molar-refractivity contribution >= 4 is 5.78 Å². The molecule has 3 nitrogen and oxygen atoms in total. The first-order chi connectivity index (χ1) is 9.58. The van der Waals surface area contributed by atoms with E-state index in [1.807, 2.05) is 30.3 Å². The minimum absolute atomic E-state index is 0.147. The maximum absolute atomic E-state index is 11.1. The summed E-state index contributed by atoms with van der Waals surface area (Å²) in [6.07, 6.45) is 1.38. The number of ketones is 1. The van der Waals surface area contributed by atoms with Crippen molar-refractivity contribution in [3.8, 4) is 0 Å². The second kappa shape index (κ2) is 7.00. The number of benzene rings is 1. The molecule has 0 aromatic heterocycles. The summed E-state index contributed by atoms with van der Waals surface area (Å²) in [6, 6.07) is 10.0. The van der Waals surface area contributed by atoms with Crippen LogP contribution in [0.25, 0.3) is 0 Å². The van der Waals surface area contributed by atoms with E-state index in [-0.39, 0.29) is 18.2 Å². The molecule has 0 bridgehead atoms. The van der Waals surface area contributed by atoms with E-state index in [1.165, 1.54) is 0 Å². The third-order valence-corrected chi connectivity index (χ3v) is 3.94. The van der Waals surface area contributed by atoms with Gasteiger partial charge in [0.05, 0.1) is 12.7 Å². The summed E-state index contributed by atoms with van der Waals surface area (Å²) in [5, 5.41) is 0. The van der Waals surface area contributed by atoms with Crippen LogP contribution in [-0.2, 0) is 14.3 Å². The van der Waals surface area contributed by atoms with Crippen LogP contribution in [0.4, 0.5) is 0 Å². The molecule has 1 aliphatic rings. The lowest BCUT2D eigenvalue weighted by Gasteiger charge is -2.38. The molecule has 1 aromatic rings. The summed E-state index contributed by atoms with van der Waals surface area (Å²) < 4.78 is 11.9. The monoisotopic (exact) mass is 276 g/mol. The van der Waals surface area contributed by atoms with E-state index in [2.05, 4.69) is 13.8 Å². The van der Waals surface area contributed by atoms with Crippen LogP contribution in [0, 0.1) is 11.8 Å². The molecule has 2 rings (SSSR count). The first-order valence-corrected chi connectivity index (χ1v) is 7.39. The van der Waals surface area contributed by atoms with Crippen LogP contribution >= 0.6 is 0 Å². The summed E-state index contributed by atoms with van der Waals surface area (Å²) in [4.78, 5) is 11.1. The highest BCUT2D eigenvalue weighted by Gasteiger charge is 2.33. The first kappa shape index (κ1) is 15.2. The Bertz CT molecular complexity index is 429. The van der Waals surface area contributed by atoms with Crippen LogP contribution in [-0.4, -0.2) is 18.5 Å². The van der Waals surface area contributed by atoms with Gasteiger partial charge < -0.3 is 14.3 Å². The third-order valence-electron chi connectivity index (χ3n) is 3.94. The molecule has 0 unspecified atom stereocenters. The molecule has 110 valence electrons. The van der Waals surface area contributed by atoms with Crippen molar-refractivity contribution in [3.05, 3.63) is 35.9 Å². The molecule has 3 heteroatoms. The molecule has 1 heterocycles. The van der Waals surface area contributed by atoms with Crippen LogP contribution < -0.4 is 0 Å². The number of carbonyl (C=O) groups is 1. The van der Waals surface area contributed by atoms with Crippen molar-refractivity contribution in [3.63, 3.8) is 0 Å². The molecule has 1 fully saturated rings. The summed E-state index contributed by atoms with van der Waals surface area (Å²) in [6.45, 7) is 6.66. The fourth-order valence-electron chi connectivity index (χ4n) is 2.73. The highest BCUT2D eigenvalue weighted by Crippen LogP contribution is 2.33. The maximum atomic E-state index is 11.1. The molecular weight excluding hydrogens is 252 g/mol. The second-order valence-corrected chi connectivity index (χ2v) is 5.87. The van der Waals surface area contributed by atoms with Gasteiger partial charge in [0, 0.05) is 17.9 Å². The standard InChI is InChI=1S/C17H24O3/c1-12(9-10-14(3)18)16-13(2)11-19-17(20-16)15-7-5-4-6-8-15/h4-8,12-13,16-17H,9-11H2,1-3H3/t12-,13+,16-,17+/m0/s1. The van der Waals surface area contributed by atoms with E-state index < -0.39 is 0 Å². The zero-order valence-electron chi connectivity index (χ0n) is 12.5. The lowest BCUT2D eigenvalue weighted by molar-refractivity contribution is -0.249. The van der Waals surface area contributed by atoms with E-state index in [0.717, 1.165) is 12.0 Å². The minimum Gasteiger partial charge on any atom is -0.348 e. The summed E-state index contributed by atoms with van der Waals surface area (Å²) in [5.74, 6) is 0.970. The van der Waals surface area contributed by atoms with Gasteiger partial charge in [-0.25, -0.2) is 0 Å². The number of ether oxygens (including phenoxy) is 2. The number of Topliss-reactive ketones (excluding diaryl/α,β-unsaturated/α-hetero) is 1. The van der Waals surface area contributed by atoms with Gasteiger partial charge in [0.15, 0.2) is 6.29 Å². The number of rotatable bonds is 5. The Morgan fingerprint density at radius 1 is 1.35 bits per heavy atom.